The number of amides is 1. The summed E-state index contributed by atoms with van der Waals surface area (Å²) in [7, 11) is 0. The highest BCUT2D eigenvalue weighted by Gasteiger charge is 2.21. The van der Waals surface area contributed by atoms with Crippen LogP contribution >= 0.6 is 0 Å². The Labute approximate surface area is 135 Å². The predicted octanol–water partition coefficient (Wildman–Crippen LogP) is 2.62. The van der Waals surface area contributed by atoms with Crippen molar-refractivity contribution < 1.29 is 19.1 Å². The molecule has 1 unspecified atom stereocenters. The molecule has 120 valence electrons. The molecule has 2 aromatic carbocycles. The van der Waals surface area contributed by atoms with Crippen molar-refractivity contribution in [1.82, 2.24) is 0 Å². The summed E-state index contributed by atoms with van der Waals surface area (Å²) in [5.74, 6) is -0.417. The lowest BCUT2D eigenvalue weighted by Crippen LogP contribution is -2.26. The van der Waals surface area contributed by atoms with Crippen LogP contribution in [0.1, 0.15) is 24.5 Å². The SMILES string of the molecule is NC(=O)C(OC(=O)CCCOc1ccccc1)c1ccccc1. The molecule has 0 spiro atoms. The van der Waals surface area contributed by atoms with Crippen molar-refractivity contribution in [2.45, 2.75) is 18.9 Å². The maximum Gasteiger partial charge on any atom is 0.307 e. The van der Waals surface area contributed by atoms with Crippen molar-refractivity contribution in [2.24, 2.45) is 5.73 Å². The van der Waals surface area contributed by atoms with E-state index in [1.807, 2.05) is 36.4 Å². The molecule has 0 heterocycles. The minimum absolute atomic E-state index is 0.156. The van der Waals surface area contributed by atoms with Crippen LogP contribution in [0.5, 0.6) is 5.75 Å². The van der Waals surface area contributed by atoms with Crippen LogP contribution < -0.4 is 10.5 Å². The van der Waals surface area contributed by atoms with Gasteiger partial charge in [-0.25, -0.2) is 0 Å². The zero-order valence-corrected chi connectivity index (χ0v) is 12.7. The number of primary amides is 1. The van der Waals surface area contributed by atoms with Gasteiger partial charge in [-0.1, -0.05) is 48.5 Å². The molecule has 0 saturated heterocycles. The average molecular weight is 313 g/mol. The fraction of sp³-hybridized carbons (Fsp3) is 0.222. The quantitative estimate of drug-likeness (QED) is 0.600. The third-order valence-electron chi connectivity index (χ3n) is 3.15. The first-order valence-corrected chi connectivity index (χ1v) is 7.38. The van der Waals surface area contributed by atoms with Crippen LogP contribution in [0.2, 0.25) is 0 Å². The van der Waals surface area contributed by atoms with Gasteiger partial charge in [-0.2, -0.15) is 0 Å². The summed E-state index contributed by atoms with van der Waals surface area (Å²) in [6, 6.07) is 18.1. The first kappa shape index (κ1) is 16.5. The number of carbonyl (C=O) groups is 2. The summed E-state index contributed by atoms with van der Waals surface area (Å²) in [5, 5.41) is 0. The molecule has 0 radical (unpaired) electrons. The van der Waals surface area contributed by atoms with E-state index in [1.54, 1.807) is 24.3 Å². The number of hydrogen-bond acceptors (Lipinski definition) is 4. The number of hydrogen-bond donors (Lipinski definition) is 1. The second-order valence-electron chi connectivity index (χ2n) is 4.95. The van der Waals surface area contributed by atoms with E-state index in [1.165, 1.54) is 0 Å². The summed E-state index contributed by atoms with van der Waals surface area (Å²) in [6.07, 6.45) is -0.406. The molecule has 1 amide bonds. The number of benzene rings is 2. The van der Waals surface area contributed by atoms with E-state index in [-0.39, 0.29) is 6.42 Å². The lowest BCUT2D eigenvalue weighted by molar-refractivity contribution is -0.155. The molecule has 2 N–H and O–H groups in total. The highest BCUT2D eigenvalue weighted by Crippen LogP contribution is 2.18. The Bertz CT molecular complexity index is 628. The van der Waals surface area contributed by atoms with Gasteiger partial charge in [0.15, 0.2) is 0 Å². The van der Waals surface area contributed by atoms with Gasteiger partial charge in [0.2, 0.25) is 6.10 Å². The summed E-state index contributed by atoms with van der Waals surface area (Å²) in [6.45, 7) is 0.395. The van der Waals surface area contributed by atoms with Crippen LogP contribution in [0.25, 0.3) is 0 Å². The van der Waals surface area contributed by atoms with E-state index >= 15 is 0 Å². The molecule has 2 aromatic rings. The van der Waals surface area contributed by atoms with Crippen LogP contribution in [-0.4, -0.2) is 18.5 Å². The van der Waals surface area contributed by atoms with Crippen molar-refractivity contribution in [1.29, 1.82) is 0 Å². The molecule has 0 aliphatic rings. The van der Waals surface area contributed by atoms with Gasteiger partial charge < -0.3 is 15.2 Å². The van der Waals surface area contributed by atoms with Gasteiger partial charge in [0, 0.05) is 12.0 Å². The van der Waals surface area contributed by atoms with Gasteiger partial charge in [0.05, 0.1) is 6.61 Å². The molecule has 5 heteroatoms. The van der Waals surface area contributed by atoms with Crippen LogP contribution in [0, 0.1) is 0 Å². The highest BCUT2D eigenvalue weighted by atomic mass is 16.5. The minimum Gasteiger partial charge on any atom is -0.494 e. The smallest absolute Gasteiger partial charge is 0.307 e. The molecule has 0 aliphatic heterocycles. The van der Waals surface area contributed by atoms with E-state index in [0.29, 0.717) is 18.6 Å². The minimum atomic E-state index is -1.06. The van der Waals surface area contributed by atoms with Crippen molar-refractivity contribution in [2.75, 3.05) is 6.61 Å². The van der Waals surface area contributed by atoms with Crippen LogP contribution in [0.4, 0.5) is 0 Å². The first-order valence-electron chi connectivity index (χ1n) is 7.38. The lowest BCUT2D eigenvalue weighted by Gasteiger charge is -2.15. The van der Waals surface area contributed by atoms with Gasteiger partial charge in [0.25, 0.3) is 5.91 Å². The normalized spacial score (nSPS) is 11.5. The van der Waals surface area contributed by atoms with E-state index in [0.717, 1.165) is 5.75 Å². The Balaban J connectivity index is 1.77. The molecule has 1 atom stereocenters. The van der Waals surface area contributed by atoms with E-state index < -0.39 is 18.0 Å². The van der Waals surface area contributed by atoms with E-state index in [2.05, 4.69) is 0 Å². The Morgan fingerprint density at radius 1 is 0.957 bits per heavy atom. The third kappa shape index (κ3) is 5.47. The molecular formula is C18H19NO4. The number of para-hydroxylation sites is 1. The van der Waals surface area contributed by atoms with Crippen molar-refractivity contribution >= 4 is 11.9 Å². The van der Waals surface area contributed by atoms with Crippen LogP contribution in [0.3, 0.4) is 0 Å². The summed E-state index contributed by atoms with van der Waals surface area (Å²) < 4.78 is 10.7. The van der Waals surface area contributed by atoms with Crippen LogP contribution in [0.15, 0.2) is 60.7 Å². The molecule has 0 aliphatic carbocycles. The predicted molar refractivity (Wildman–Crippen MR) is 85.6 cm³/mol. The van der Waals surface area contributed by atoms with Crippen molar-refractivity contribution in [3.8, 4) is 5.75 Å². The molecule has 0 saturated carbocycles. The molecule has 23 heavy (non-hydrogen) atoms. The Hall–Kier alpha value is -2.82. The summed E-state index contributed by atoms with van der Waals surface area (Å²) in [4.78, 5) is 23.3. The highest BCUT2D eigenvalue weighted by molar-refractivity contribution is 5.83. The Morgan fingerprint density at radius 3 is 2.17 bits per heavy atom. The van der Waals surface area contributed by atoms with Crippen molar-refractivity contribution in [3.05, 3.63) is 66.2 Å². The zero-order chi connectivity index (χ0) is 16.5. The molecule has 2 rings (SSSR count). The van der Waals surface area contributed by atoms with Crippen molar-refractivity contribution in [3.63, 3.8) is 0 Å². The lowest BCUT2D eigenvalue weighted by atomic mass is 10.1. The number of carbonyl (C=O) groups excluding carboxylic acids is 2. The second-order valence-corrected chi connectivity index (χ2v) is 4.95. The monoisotopic (exact) mass is 313 g/mol. The van der Waals surface area contributed by atoms with Gasteiger partial charge in [-0.3, -0.25) is 9.59 Å². The molecule has 0 fully saturated rings. The Kier molecular flexibility index (Phi) is 6.17. The van der Waals surface area contributed by atoms with Gasteiger partial charge in [0.1, 0.15) is 5.75 Å². The number of rotatable bonds is 8. The van der Waals surface area contributed by atoms with E-state index in [4.69, 9.17) is 15.2 Å². The summed E-state index contributed by atoms with van der Waals surface area (Å²) >= 11 is 0. The van der Waals surface area contributed by atoms with Crippen LogP contribution in [-0.2, 0) is 14.3 Å². The first-order chi connectivity index (χ1) is 11.2. The maximum absolute atomic E-state index is 11.9. The standard InChI is InChI=1S/C18H19NO4/c19-18(21)17(14-8-3-1-4-9-14)23-16(20)12-7-13-22-15-10-5-2-6-11-15/h1-6,8-11,17H,7,12-13H2,(H2,19,21). The molecule has 0 aromatic heterocycles. The maximum atomic E-state index is 11.9. The molecule has 0 bridgehead atoms. The number of esters is 1. The Morgan fingerprint density at radius 2 is 1.57 bits per heavy atom. The fourth-order valence-corrected chi connectivity index (χ4v) is 2.03. The third-order valence-corrected chi connectivity index (χ3v) is 3.15. The largest absolute Gasteiger partial charge is 0.494 e. The second kappa shape index (κ2) is 8.58. The topological polar surface area (TPSA) is 78.6 Å². The van der Waals surface area contributed by atoms with E-state index in [9.17, 15) is 9.59 Å². The fourth-order valence-electron chi connectivity index (χ4n) is 2.03. The molecular weight excluding hydrogens is 294 g/mol. The van der Waals surface area contributed by atoms with Gasteiger partial charge >= 0.3 is 5.97 Å². The van der Waals surface area contributed by atoms with Gasteiger partial charge in [-0.05, 0) is 18.6 Å². The number of nitrogens with two attached hydrogens (primary N) is 1. The van der Waals surface area contributed by atoms with Gasteiger partial charge in [-0.15, -0.1) is 0 Å². The average Bonchev–Trinajstić information content (AvgIpc) is 2.58. The number of ether oxygens (including phenoxy) is 2. The molecule has 5 nitrogen and oxygen atoms in total. The summed E-state index contributed by atoms with van der Waals surface area (Å²) in [5.41, 5.74) is 5.87. The zero-order valence-electron chi connectivity index (χ0n) is 12.7.